The molecule has 0 aliphatic carbocycles. The molecule has 32 heavy (non-hydrogen) atoms. The third kappa shape index (κ3) is 8.69. The van der Waals surface area contributed by atoms with Gasteiger partial charge in [-0.25, -0.2) is 0 Å². The molecule has 0 saturated heterocycles. The Morgan fingerprint density at radius 2 is 1.31 bits per heavy atom. The molecule has 0 bridgehead atoms. The van der Waals surface area contributed by atoms with Crippen LogP contribution in [0.2, 0.25) is 0 Å². The summed E-state index contributed by atoms with van der Waals surface area (Å²) in [5.74, 6) is 0. The van der Waals surface area contributed by atoms with Gasteiger partial charge in [0.1, 0.15) is 0 Å². The molecule has 0 saturated carbocycles. The summed E-state index contributed by atoms with van der Waals surface area (Å²) in [5, 5.41) is 10.6. The maximum atomic E-state index is 10.6. The highest BCUT2D eigenvalue weighted by atomic mass is 31.2. The van der Waals surface area contributed by atoms with Gasteiger partial charge in [0.15, 0.2) is 0 Å². The zero-order valence-corrected chi connectivity index (χ0v) is 22.2. The predicted molar refractivity (Wildman–Crippen MR) is 137 cm³/mol. The summed E-state index contributed by atoms with van der Waals surface area (Å²) in [6.07, 6.45) is 12.8. The SMILES string of the molecule is CCCCc1cc(CCCC)c(C(OP(O)O)C(CC)(CO)CCCC)c(CCCC)c1. The maximum absolute atomic E-state index is 10.6. The van der Waals surface area contributed by atoms with Crippen LogP contribution >= 0.6 is 8.60 Å². The van der Waals surface area contributed by atoms with Crippen LogP contribution in [-0.4, -0.2) is 21.5 Å². The zero-order valence-electron chi connectivity index (χ0n) is 21.3. The smallest absolute Gasteiger partial charge is 0.327 e. The van der Waals surface area contributed by atoms with Gasteiger partial charge >= 0.3 is 8.60 Å². The van der Waals surface area contributed by atoms with Crippen molar-refractivity contribution in [3.8, 4) is 0 Å². The van der Waals surface area contributed by atoms with Gasteiger partial charge in [-0.3, -0.25) is 0 Å². The Bertz CT molecular complexity index is 599. The first-order valence-corrected chi connectivity index (χ1v) is 14.2. The number of aliphatic hydroxyl groups is 1. The van der Waals surface area contributed by atoms with Crippen LogP contribution in [0.25, 0.3) is 0 Å². The number of aryl methyl sites for hydroxylation is 3. The van der Waals surface area contributed by atoms with E-state index in [0.29, 0.717) is 0 Å². The lowest BCUT2D eigenvalue weighted by molar-refractivity contribution is -0.0210. The van der Waals surface area contributed by atoms with Crippen LogP contribution in [0.5, 0.6) is 0 Å². The Labute approximate surface area is 198 Å². The lowest BCUT2D eigenvalue weighted by atomic mass is 9.71. The van der Waals surface area contributed by atoms with Gasteiger partial charge in [-0.1, -0.05) is 78.9 Å². The highest BCUT2D eigenvalue weighted by Gasteiger charge is 2.41. The van der Waals surface area contributed by atoms with Crippen molar-refractivity contribution >= 4 is 8.60 Å². The van der Waals surface area contributed by atoms with Crippen molar-refractivity contribution in [2.75, 3.05) is 6.61 Å². The fourth-order valence-electron chi connectivity index (χ4n) is 4.72. The van der Waals surface area contributed by atoms with E-state index in [4.69, 9.17) is 4.52 Å². The molecule has 0 aromatic heterocycles. The highest BCUT2D eigenvalue weighted by Crippen LogP contribution is 2.51. The molecule has 0 heterocycles. The zero-order chi connectivity index (χ0) is 24.0. The van der Waals surface area contributed by atoms with Crippen molar-refractivity contribution in [3.63, 3.8) is 0 Å². The topological polar surface area (TPSA) is 69.9 Å². The third-order valence-electron chi connectivity index (χ3n) is 6.89. The maximum Gasteiger partial charge on any atom is 0.327 e. The molecule has 5 heteroatoms. The van der Waals surface area contributed by atoms with Crippen LogP contribution in [-0.2, 0) is 23.8 Å². The minimum absolute atomic E-state index is 0.0185. The van der Waals surface area contributed by atoms with Crippen molar-refractivity contribution < 1.29 is 19.4 Å². The summed E-state index contributed by atoms with van der Waals surface area (Å²) in [6.45, 7) is 10.9. The van der Waals surface area contributed by atoms with Crippen molar-refractivity contribution in [3.05, 3.63) is 34.4 Å². The van der Waals surface area contributed by atoms with Crippen LogP contribution in [0.4, 0.5) is 0 Å². The van der Waals surface area contributed by atoms with Crippen LogP contribution in [0.3, 0.4) is 0 Å². The molecule has 1 rings (SSSR count). The second kappa shape index (κ2) is 16.2. The predicted octanol–water partition coefficient (Wildman–Crippen LogP) is 7.56. The molecule has 0 radical (unpaired) electrons. The molecule has 2 unspecified atom stereocenters. The molecule has 1 aromatic carbocycles. The van der Waals surface area contributed by atoms with E-state index in [2.05, 4.69) is 46.8 Å². The van der Waals surface area contributed by atoms with E-state index >= 15 is 0 Å². The Morgan fingerprint density at radius 3 is 1.72 bits per heavy atom. The normalized spacial score (nSPS) is 14.7. The molecule has 186 valence electrons. The van der Waals surface area contributed by atoms with E-state index < -0.39 is 20.1 Å². The quantitative estimate of drug-likeness (QED) is 0.194. The molecule has 0 amide bonds. The standard InChI is InChI=1S/C27H49O4P/c1-6-11-15-22-19-23(16-12-7-2)25(24(20-22)17-13-8-3)26(31-32(29)30)27(10-5,21-28)18-14-9-4/h19-20,26,28-30H,6-18,21H2,1-5H3. The average molecular weight is 469 g/mol. The minimum Gasteiger partial charge on any atom is -0.396 e. The van der Waals surface area contributed by atoms with Gasteiger partial charge in [-0.15, -0.1) is 0 Å². The first-order chi connectivity index (χ1) is 15.4. The van der Waals surface area contributed by atoms with E-state index in [9.17, 15) is 14.9 Å². The van der Waals surface area contributed by atoms with Crippen molar-refractivity contribution in [1.82, 2.24) is 0 Å². The van der Waals surface area contributed by atoms with Gasteiger partial charge in [-0.05, 0) is 73.6 Å². The molecular formula is C27H49O4P. The van der Waals surface area contributed by atoms with E-state index in [1.165, 1.54) is 29.5 Å². The highest BCUT2D eigenvalue weighted by molar-refractivity contribution is 7.39. The number of hydrogen-bond acceptors (Lipinski definition) is 4. The first kappa shape index (κ1) is 29.5. The Hall–Kier alpha value is -0.510. The van der Waals surface area contributed by atoms with E-state index in [1.54, 1.807) is 0 Å². The summed E-state index contributed by atoms with van der Waals surface area (Å²) in [5.41, 5.74) is 4.53. The average Bonchev–Trinajstić information content (AvgIpc) is 2.79. The molecule has 1 aromatic rings. The summed E-state index contributed by atoms with van der Waals surface area (Å²) < 4.78 is 5.96. The van der Waals surface area contributed by atoms with Gasteiger partial charge < -0.3 is 19.4 Å². The third-order valence-corrected chi connectivity index (χ3v) is 7.29. The van der Waals surface area contributed by atoms with Gasteiger partial charge in [0.05, 0.1) is 12.7 Å². The monoisotopic (exact) mass is 468 g/mol. The second-order valence-electron chi connectivity index (χ2n) is 9.35. The Balaban J connectivity index is 3.73. The fourth-order valence-corrected chi connectivity index (χ4v) is 5.24. The lowest BCUT2D eigenvalue weighted by Crippen LogP contribution is -2.35. The summed E-state index contributed by atoms with van der Waals surface area (Å²) >= 11 is 0. The van der Waals surface area contributed by atoms with Crippen LogP contribution in [0, 0.1) is 5.41 Å². The summed E-state index contributed by atoms with van der Waals surface area (Å²) in [6, 6.07) is 4.67. The van der Waals surface area contributed by atoms with Crippen molar-refractivity contribution in [1.29, 1.82) is 0 Å². The summed E-state index contributed by atoms with van der Waals surface area (Å²) in [7, 11) is -2.53. The number of unbranched alkanes of at least 4 members (excludes halogenated alkanes) is 4. The van der Waals surface area contributed by atoms with E-state index in [-0.39, 0.29) is 6.61 Å². The Morgan fingerprint density at radius 1 is 0.812 bits per heavy atom. The number of benzene rings is 1. The Kier molecular flexibility index (Phi) is 14.9. The molecule has 0 spiro atoms. The number of hydrogen-bond donors (Lipinski definition) is 3. The molecular weight excluding hydrogens is 419 g/mol. The molecule has 0 fully saturated rings. The van der Waals surface area contributed by atoms with E-state index in [0.717, 1.165) is 76.2 Å². The second-order valence-corrected chi connectivity index (χ2v) is 10.1. The number of rotatable bonds is 18. The van der Waals surface area contributed by atoms with Crippen molar-refractivity contribution in [2.24, 2.45) is 5.41 Å². The summed E-state index contributed by atoms with van der Waals surface area (Å²) in [4.78, 5) is 20.0. The minimum atomic E-state index is -2.53. The largest absolute Gasteiger partial charge is 0.396 e. The van der Waals surface area contributed by atoms with Crippen molar-refractivity contribution in [2.45, 2.75) is 124 Å². The first-order valence-electron chi connectivity index (χ1n) is 13.0. The van der Waals surface area contributed by atoms with E-state index in [1.807, 2.05) is 0 Å². The van der Waals surface area contributed by atoms with Gasteiger partial charge in [-0.2, -0.15) is 0 Å². The molecule has 0 aliphatic heterocycles. The molecule has 3 N–H and O–H groups in total. The van der Waals surface area contributed by atoms with Crippen LogP contribution in [0.15, 0.2) is 12.1 Å². The van der Waals surface area contributed by atoms with Gasteiger partial charge in [0.2, 0.25) is 0 Å². The molecule has 4 nitrogen and oxygen atoms in total. The molecule has 0 aliphatic rings. The fraction of sp³-hybridized carbons (Fsp3) is 0.778. The van der Waals surface area contributed by atoms with Crippen LogP contribution < -0.4 is 0 Å². The van der Waals surface area contributed by atoms with Gasteiger partial charge in [0.25, 0.3) is 0 Å². The van der Waals surface area contributed by atoms with Gasteiger partial charge in [0, 0.05) is 5.41 Å². The number of aliphatic hydroxyl groups excluding tert-OH is 1. The molecule has 2 atom stereocenters. The lowest BCUT2D eigenvalue weighted by Gasteiger charge is -2.41. The van der Waals surface area contributed by atoms with Crippen LogP contribution in [0.1, 0.15) is 127 Å².